The molecule has 0 heterocycles. The van der Waals surface area contributed by atoms with E-state index in [1.54, 1.807) is 7.05 Å². The Bertz CT molecular complexity index is 241. The van der Waals surface area contributed by atoms with Crippen molar-refractivity contribution in [2.75, 3.05) is 13.6 Å². The fourth-order valence-corrected chi connectivity index (χ4v) is 1.59. The third-order valence-electron chi connectivity index (χ3n) is 2.52. The van der Waals surface area contributed by atoms with Gasteiger partial charge < -0.3 is 14.7 Å². The third kappa shape index (κ3) is 3.70. The van der Waals surface area contributed by atoms with Crippen LogP contribution in [-0.4, -0.2) is 40.9 Å². The Hall–Kier alpha value is -0.770. The van der Waals surface area contributed by atoms with Crippen LogP contribution in [0.3, 0.4) is 0 Å². The normalized spacial score (nSPS) is 19.3. The summed E-state index contributed by atoms with van der Waals surface area (Å²) < 4.78 is 5.19. The number of nitrogens with zero attached hydrogens (tertiary/aromatic N) is 1. The molecule has 0 unspecified atom stereocenters. The summed E-state index contributed by atoms with van der Waals surface area (Å²) in [6.45, 7) is 5.85. The second-order valence-electron chi connectivity index (χ2n) is 5.41. The molecular formula is C11H21NO3. The lowest BCUT2D eigenvalue weighted by Gasteiger charge is -2.39. The zero-order valence-electron chi connectivity index (χ0n) is 10.0. The number of hydrogen-bond donors (Lipinski definition) is 1. The Labute approximate surface area is 91.2 Å². The maximum atomic E-state index is 11.6. The summed E-state index contributed by atoms with van der Waals surface area (Å²) in [5.74, 6) is 0. The first kappa shape index (κ1) is 12.3. The number of carbonyl (C=O) groups excluding carboxylic acids is 1. The van der Waals surface area contributed by atoms with Crippen molar-refractivity contribution in [3.63, 3.8) is 0 Å². The number of ether oxygens (including phenoxy) is 1. The molecule has 88 valence electrons. The third-order valence-corrected chi connectivity index (χ3v) is 2.52. The molecule has 1 fully saturated rings. The highest BCUT2D eigenvalue weighted by Gasteiger charge is 2.37. The number of amides is 1. The molecule has 1 aliphatic carbocycles. The van der Waals surface area contributed by atoms with Gasteiger partial charge in [-0.3, -0.25) is 0 Å². The van der Waals surface area contributed by atoms with Crippen molar-refractivity contribution in [2.45, 2.75) is 51.2 Å². The molecule has 0 aromatic rings. The summed E-state index contributed by atoms with van der Waals surface area (Å²) in [6.07, 6.45) is 2.22. The molecule has 0 aliphatic heterocycles. The number of likely N-dealkylation sites (N-methyl/N-ethyl adjacent to an activating group) is 1. The van der Waals surface area contributed by atoms with Crippen molar-refractivity contribution >= 4 is 6.09 Å². The monoisotopic (exact) mass is 215 g/mol. The van der Waals surface area contributed by atoms with E-state index in [1.807, 2.05) is 20.8 Å². The van der Waals surface area contributed by atoms with Gasteiger partial charge in [0.2, 0.25) is 0 Å². The van der Waals surface area contributed by atoms with Gasteiger partial charge >= 0.3 is 6.09 Å². The minimum absolute atomic E-state index is 0.363. The van der Waals surface area contributed by atoms with E-state index in [9.17, 15) is 9.90 Å². The first-order valence-electron chi connectivity index (χ1n) is 5.38. The summed E-state index contributed by atoms with van der Waals surface area (Å²) in [5, 5.41) is 9.88. The summed E-state index contributed by atoms with van der Waals surface area (Å²) in [6, 6.07) is 0. The van der Waals surface area contributed by atoms with Crippen LogP contribution < -0.4 is 0 Å². The Balaban J connectivity index is 2.39. The fourth-order valence-electron chi connectivity index (χ4n) is 1.59. The van der Waals surface area contributed by atoms with E-state index < -0.39 is 11.2 Å². The smallest absolute Gasteiger partial charge is 0.410 e. The summed E-state index contributed by atoms with van der Waals surface area (Å²) in [5.41, 5.74) is -1.15. The summed E-state index contributed by atoms with van der Waals surface area (Å²) >= 11 is 0. The van der Waals surface area contributed by atoms with Crippen LogP contribution in [0.1, 0.15) is 40.0 Å². The van der Waals surface area contributed by atoms with Gasteiger partial charge in [0.15, 0.2) is 0 Å². The molecule has 1 saturated carbocycles. The topological polar surface area (TPSA) is 49.8 Å². The molecule has 1 rings (SSSR count). The first-order valence-corrected chi connectivity index (χ1v) is 5.38. The van der Waals surface area contributed by atoms with Gasteiger partial charge in [-0.2, -0.15) is 0 Å². The minimum atomic E-state index is -0.675. The van der Waals surface area contributed by atoms with E-state index in [1.165, 1.54) is 4.90 Å². The van der Waals surface area contributed by atoms with Crippen molar-refractivity contribution in [3.05, 3.63) is 0 Å². The SMILES string of the molecule is CN(CC1(O)CCC1)C(=O)OC(C)(C)C. The zero-order valence-corrected chi connectivity index (χ0v) is 10.0. The minimum Gasteiger partial charge on any atom is -0.444 e. The quantitative estimate of drug-likeness (QED) is 0.763. The molecule has 15 heavy (non-hydrogen) atoms. The van der Waals surface area contributed by atoms with Crippen LogP contribution in [0, 0.1) is 0 Å². The second-order valence-corrected chi connectivity index (χ2v) is 5.41. The Kier molecular flexibility index (Phi) is 3.28. The average Bonchev–Trinajstić information content (AvgIpc) is 1.98. The van der Waals surface area contributed by atoms with Crippen LogP contribution >= 0.6 is 0 Å². The van der Waals surface area contributed by atoms with Gasteiger partial charge in [0, 0.05) is 7.05 Å². The molecule has 0 radical (unpaired) electrons. The van der Waals surface area contributed by atoms with Crippen molar-refractivity contribution < 1.29 is 14.6 Å². The molecule has 4 nitrogen and oxygen atoms in total. The van der Waals surface area contributed by atoms with Gasteiger partial charge in [0.25, 0.3) is 0 Å². The summed E-state index contributed by atoms with van der Waals surface area (Å²) in [4.78, 5) is 13.0. The van der Waals surface area contributed by atoms with Gasteiger partial charge in [0.05, 0.1) is 12.1 Å². The highest BCUT2D eigenvalue weighted by atomic mass is 16.6. The van der Waals surface area contributed by atoms with Crippen LogP contribution in [-0.2, 0) is 4.74 Å². The van der Waals surface area contributed by atoms with Gasteiger partial charge in [-0.25, -0.2) is 4.79 Å². The van der Waals surface area contributed by atoms with E-state index in [4.69, 9.17) is 4.74 Å². The highest BCUT2D eigenvalue weighted by Crippen LogP contribution is 2.32. The largest absolute Gasteiger partial charge is 0.444 e. The van der Waals surface area contributed by atoms with E-state index in [0.29, 0.717) is 6.54 Å². The second kappa shape index (κ2) is 4.00. The Morgan fingerprint density at radius 2 is 2.00 bits per heavy atom. The predicted octanol–water partition coefficient (Wildman–Crippen LogP) is 1.77. The number of rotatable bonds is 2. The van der Waals surface area contributed by atoms with Crippen LogP contribution in [0.4, 0.5) is 4.79 Å². The van der Waals surface area contributed by atoms with E-state index in [2.05, 4.69) is 0 Å². The first-order chi connectivity index (χ1) is 6.72. The fraction of sp³-hybridized carbons (Fsp3) is 0.909. The maximum Gasteiger partial charge on any atom is 0.410 e. The Morgan fingerprint density at radius 1 is 1.47 bits per heavy atom. The van der Waals surface area contributed by atoms with Crippen LogP contribution in [0.5, 0.6) is 0 Å². The van der Waals surface area contributed by atoms with Crippen molar-refractivity contribution in [3.8, 4) is 0 Å². The van der Waals surface area contributed by atoms with Crippen molar-refractivity contribution in [2.24, 2.45) is 0 Å². The highest BCUT2D eigenvalue weighted by molar-refractivity contribution is 5.67. The van der Waals surface area contributed by atoms with Crippen LogP contribution in [0.15, 0.2) is 0 Å². The number of carbonyl (C=O) groups is 1. The lowest BCUT2D eigenvalue weighted by atomic mass is 9.80. The van der Waals surface area contributed by atoms with E-state index >= 15 is 0 Å². The van der Waals surface area contributed by atoms with Gasteiger partial charge in [-0.15, -0.1) is 0 Å². The number of aliphatic hydroxyl groups is 1. The molecule has 1 amide bonds. The molecule has 0 aromatic heterocycles. The molecule has 0 atom stereocenters. The van der Waals surface area contributed by atoms with E-state index in [-0.39, 0.29) is 6.09 Å². The van der Waals surface area contributed by atoms with Gasteiger partial charge in [-0.05, 0) is 40.0 Å². The predicted molar refractivity (Wildman–Crippen MR) is 57.7 cm³/mol. The van der Waals surface area contributed by atoms with Crippen molar-refractivity contribution in [1.29, 1.82) is 0 Å². The van der Waals surface area contributed by atoms with Gasteiger partial charge in [0.1, 0.15) is 5.60 Å². The molecule has 0 spiro atoms. The lowest BCUT2D eigenvalue weighted by Crippen LogP contribution is -2.49. The van der Waals surface area contributed by atoms with E-state index in [0.717, 1.165) is 19.3 Å². The Morgan fingerprint density at radius 3 is 2.33 bits per heavy atom. The standard InChI is InChI=1S/C11H21NO3/c1-10(2,3)15-9(13)12(4)8-11(14)6-5-7-11/h14H,5-8H2,1-4H3. The van der Waals surface area contributed by atoms with Crippen molar-refractivity contribution in [1.82, 2.24) is 4.90 Å². The molecule has 1 aliphatic rings. The summed E-state index contributed by atoms with van der Waals surface area (Å²) in [7, 11) is 1.66. The number of hydrogen-bond acceptors (Lipinski definition) is 3. The zero-order chi connectivity index (χ0) is 11.7. The molecule has 4 heteroatoms. The molecule has 1 N–H and O–H groups in total. The molecule has 0 bridgehead atoms. The van der Waals surface area contributed by atoms with Crippen LogP contribution in [0.2, 0.25) is 0 Å². The van der Waals surface area contributed by atoms with Crippen LogP contribution in [0.25, 0.3) is 0 Å². The average molecular weight is 215 g/mol. The molecule has 0 aromatic carbocycles. The van der Waals surface area contributed by atoms with Gasteiger partial charge in [-0.1, -0.05) is 0 Å². The molecule has 0 saturated heterocycles. The molecular weight excluding hydrogens is 194 g/mol. The maximum absolute atomic E-state index is 11.6. The lowest BCUT2D eigenvalue weighted by molar-refractivity contribution is -0.0585.